The van der Waals surface area contributed by atoms with Crippen LogP contribution >= 0.6 is 15.9 Å². The number of hydrogen-bond donors (Lipinski definition) is 1. The number of H-pyrrole nitrogens is 1. The van der Waals surface area contributed by atoms with E-state index in [4.69, 9.17) is 0 Å². The zero-order chi connectivity index (χ0) is 14.0. The zero-order valence-electron chi connectivity index (χ0n) is 10.8. The third-order valence-electron chi connectivity index (χ3n) is 2.88. The van der Waals surface area contributed by atoms with Crippen molar-refractivity contribution in [1.29, 1.82) is 0 Å². The molecule has 2 aromatic rings. The molecule has 2 aromatic heterocycles. The maximum atomic E-state index is 11.7. The maximum Gasteiger partial charge on any atom is 0.328 e. The molecule has 2 heterocycles. The number of nitrogens with zero attached hydrogens (tertiary/aromatic N) is 3. The van der Waals surface area contributed by atoms with E-state index in [-0.39, 0.29) is 0 Å². The highest BCUT2D eigenvalue weighted by Crippen LogP contribution is 2.07. The van der Waals surface area contributed by atoms with Crippen LogP contribution in [0.4, 0.5) is 0 Å². The third-order valence-corrected chi connectivity index (χ3v) is 3.44. The van der Waals surface area contributed by atoms with Gasteiger partial charge in [-0.3, -0.25) is 19.0 Å². The Bertz CT molecular complexity index is 698. The van der Waals surface area contributed by atoms with E-state index < -0.39 is 11.2 Å². The smallest absolute Gasteiger partial charge is 0.293 e. The first-order valence-corrected chi connectivity index (χ1v) is 6.89. The molecule has 0 atom stereocenters. The van der Waals surface area contributed by atoms with Crippen LogP contribution in [0.1, 0.15) is 25.2 Å². The highest BCUT2D eigenvalue weighted by atomic mass is 79.9. The summed E-state index contributed by atoms with van der Waals surface area (Å²) in [5, 5.41) is 4.43. The number of aromatic nitrogens is 4. The summed E-state index contributed by atoms with van der Waals surface area (Å²) in [6.45, 7) is 5.17. The molecule has 0 unspecified atom stereocenters. The molecule has 0 saturated carbocycles. The monoisotopic (exact) mass is 326 g/mol. The van der Waals surface area contributed by atoms with E-state index in [1.165, 1.54) is 10.8 Å². The molecule has 102 valence electrons. The summed E-state index contributed by atoms with van der Waals surface area (Å²) in [4.78, 5) is 25.3. The molecule has 0 aliphatic heterocycles. The number of halogens is 1. The Labute approximate surface area is 118 Å². The molecule has 0 saturated heterocycles. The van der Waals surface area contributed by atoms with Crippen LogP contribution in [0, 0.1) is 0 Å². The lowest BCUT2D eigenvalue weighted by atomic mass is 10.3. The SMILES string of the molecule is CCc1cc(Cn2cc(Br)c(=O)[nH]c2=O)n(CC)n1. The van der Waals surface area contributed by atoms with Crippen molar-refractivity contribution in [3.8, 4) is 0 Å². The lowest BCUT2D eigenvalue weighted by molar-refractivity contribution is 0.583. The maximum absolute atomic E-state index is 11.7. The number of aryl methyl sites for hydroxylation is 2. The van der Waals surface area contributed by atoms with E-state index in [1.807, 2.05) is 24.6 Å². The van der Waals surface area contributed by atoms with Crippen molar-refractivity contribution in [1.82, 2.24) is 19.3 Å². The predicted molar refractivity (Wildman–Crippen MR) is 75.4 cm³/mol. The average molecular weight is 327 g/mol. The molecule has 0 spiro atoms. The molecule has 0 aliphatic carbocycles. The summed E-state index contributed by atoms with van der Waals surface area (Å²) in [7, 11) is 0. The largest absolute Gasteiger partial charge is 0.328 e. The normalized spacial score (nSPS) is 10.9. The van der Waals surface area contributed by atoms with Crippen LogP contribution < -0.4 is 11.2 Å². The van der Waals surface area contributed by atoms with Crippen LogP contribution in [0.5, 0.6) is 0 Å². The van der Waals surface area contributed by atoms with Crippen LogP contribution in [0.3, 0.4) is 0 Å². The van der Waals surface area contributed by atoms with Gasteiger partial charge in [-0.25, -0.2) is 4.79 Å². The first-order chi connectivity index (χ1) is 9.05. The van der Waals surface area contributed by atoms with Crippen LogP contribution in [0.2, 0.25) is 0 Å². The van der Waals surface area contributed by atoms with Gasteiger partial charge >= 0.3 is 5.69 Å². The van der Waals surface area contributed by atoms with Gasteiger partial charge in [-0.2, -0.15) is 5.10 Å². The average Bonchev–Trinajstić information content (AvgIpc) is 2.78. The number of nitrogens with one attached hydrogen (secondary N) is 1. The fraction of sp³-hybridized carbons (Fsp3) is 0.417. The minimum atomic E-state index is -0.421. The molecule has 0 fully saturated rings. The van der Waals surface area contributed by atoms with Gasteiger partial charge in [-0.05, 0) is 35.3 Å². The lowest BCUT2D eigenvalue weighted by Crippen LogP contribution is -2.30. The predicted octanol–water partition coefficient (Wildman–Crippen LogP) is 1.13. The molecule has 0 bridgehead atoms. The molecule has 2 rings (SSSR count). The van der Waals surface area contributed by atoms with Gasteiger partial charge < -0.3 is 0 Å². The van der Waals surface area contributed by atoms with E-state index in [1.54, 1.807) is 0 Å². The molecule has 1 N–H and O–H groups in total. The molecule has 19 heavy (non-hydrogen) atoms. The second-order valence-electron chi connectivity index (χ2n) is 4.16. The summed E-state index contributed by atoms with van der Waals surface area (Å²) < 4.78 is 3.66. The Kier molecular flexibility index (Phi) is 4.04. The minimum Gasteiger partial charge on any atom is -0.293 e. The van der Waals surface area contributed by atoms with E-state index in [0.717, 1.165) is 24.4 Å². The molecular formula is C12H15BrN4O2. The fourth-order valence-electron chi connectivity index (χ4n) is 1.86. The van der Waals surface area contributed by atoms with E-state index in [2.05, 4.69) is 26.0 Å². The quantitative estimate of drug-likeness (QED) is 0.915. The van der Waals surface area contributed by atoms with Crippen molar-refractivity contribution < 1.29 is 0 Å². The van der Waals surface area contributed by atoms with Crippen LogP contribution in [-0.2, 0) is 19.5 Å². The standard InChI is InChI=1S/C12H15BrN4O2/c1-3-8-5-9(17(4-2)15-8)6-16-7-10(13)11(18)14-12(16)19/h5,7H,3-4,6H2,1-2H3,(H,14,18,19). The highest BCUT2D eigenvalue weighted by Gasteiger charge is 2.08. The van der Waals surface area contributed by atoms with Gasteiger partial charge in [0.05, 0.1) is 22.4 Å². The van der Waals surface area contributed by atoms with E-state index in [9.17, 15) is 9.59 Å². The Balaban J connectivity index is 2.41. The van der Waals surface area contributed by atoms with E-state index >= 15 is 0 Å². The Morgan fingerprint density at radius 1 is 1.37 bits per heavy atom. The number of rotatable bonds is 4. The topological polar surface area (TPSA) is 72.7 Å². The van der Waals surface area contributed by atoms with Gasteiger partial charge in [0.2, 0.25) is 0 Å². The van der Waals surface area contributed by atoms with E-state index in [0.29, 0.717) is 11.0 Å². The highest BCUT2D eigenvalue weighted by molar-refractivity contribution is 9.10. The second-order valence-corrected chi connectivity index (χ2v) is 5.01. The molecule has 0 aromatic carbocycles. The van der Waals surface area contributed by atoms with Gasteiger partial charge in [0, 0.05) is 12.7 Å². The van der Waals surface area contributed by atoms with Crippen molar-refractivity contribution >= 4 is 15.9 Å². The Hall–Kier alpha value is -1.63. The van der Waals surface area contributed by atoms with Crippen molar-refractivity contribution in [2.45, 2.75) is 33.4 Å². The van der Waals surface area contributed by atoms with Crippen molar-refractivity contribution in [3.05, 3.63) is 49.0 Å². The molecule has 6 nitrogen and oxygen atoms in total. The summed E-state index contributed by atoms with van der Waals surface area (Å²) in [5.41, 5.74) is 1.10. The van der Waals surface area contributed by atoms with Crippen molar-refractivity contribution in [2.75, 3.05) is 0 Å². The molecule has 0 radical (unpaired) electrons. The van der Waals surface area contributed by atoms with Crippen LogP contribution in [0.25, 0.3) is 0 Å². The first-order valence-electron chi connectivity index (χ1n) is 6.10. The summed E-state index contributed by atoms with van der Waals surface area (Å²) >= 11 is 3.12. The minimum absolute atomic E-state index is 0.338. The molecule has 0 amide bonds. The molecule has 0 aliphatic rings. The second kappa shape index (κ2) is 5.56. The summed E-state index contributed by atoms with van der Waals surface area (Å²) in [5.74, 6) is 0. The number of aromatic amines is 1. The fourth-order valence-corrected chi connectivity index (χ4v) is 2.21. The summed E-state index contributed by atoms with van der Waals surface area (Å²) in [6, 6.07) is 1.98. The van der Waals surface area contributed by atoms with Gasteiger partial charge in [-0.1, -0.05) is 6.92 Å². The number of hydrogen-bond acceptors (Lipinski definition) is 3. The first kappa shape index (κ1) is 13.8. The van der Waals surface area contributed by atoms with Crippen molar-refractivity contribution in [3.63, 3.8) is 0 Å². The van der Waals surface area contributed by atoms with Gasteiger partial charge in [0.25, 0.3) is 5.56 Å². The van der Waals surface area contributed by atoms with Gasteiger partial charge in [0.15, 0.2) is 0 Å². The van der Waals surface area contributed by atoms with Crippen LogP contribution in [0.15, 0.2) is 26.3 Å². The Morgan fingerprint density at radius 2 is 2.11 bits per heavy atom. The third kappa shape index (κ3) is 2.86. The van der Waals surface area contributed by atoms with Gasteiger partial charge in [0.1, 0.15) is 0 Å². The lowest BCUT2D eigenvalue weighted by Gasteiger charge is -2.07. The molecule has 7 heteroatoms. The zero-order valence-corrected chi connectivity index (χ0v) is 12.4. The Morgan fingerprint density at radius 3 is 2.74 bits per heavy atom. The molecular weight excluding hydrogens is 312 g/mol. The van der Waals surface area contributed by atoms with Crippen molar-refractivity contribution in [2.24, 2.45) is 0 Å². The van der Waals surface area contributed by atoms with Crippen LogP contribution in [-0.4, -0.2) is 19.3 Å². The van der Waals surface area contributed by atoms with Gasteiger partial charge in [-0.15, -0.1) is 0 Å². The summed E-state index contributed by atoms with van der Waals surface area (Å²) in [6.07, 6.45) is 2.35.